The van der Waals surface area contributed by atoms with Gasteiger partial charge in [-0.05, 0) is 49.0 Å². The molecule has 1 aromatic rings. The Morgan fingerprint density at radius 2 is 2.00 bits per heavy atom. The number of aliphatic hydroxyl groups excluding tert-OH is 1. The monoisotopic (exact) mass is 593 g/mol. The molecule has 0 saturated heterocycles. The first kappa shape index (κ1) is 33.8. The Morgan fingerprint density at radius 1 is 1.32 bits per heavy atom. The highest BCUT2D eigenvalue weighted by molar-refractivity contribution is 6.31. The van der Waals surface area contributed by atoms with Gasteiger partial charge in [-0.3, -0.25) is 15.3 Å². The number of aliphatic hydroxyl groups is 1. The molecular weight excluding hydrogens is 555 g/mol. The van der Waals surface area contributed by atoms with E-state index in [-0.39, 0.29) is 24.5 Å². The van der Waals surface area contributed by atoms with Gasteiger partial charge in [0, 0.05) is 40.7 Å². The molecule has 0 radical (unpaired) electrons. The van der Waals surface area contributed by atoms with Gasteiger partial charge in [0.15, 0.2) is 0 Å². The van der Waals surface area contributed by atoms with Crippen LogP contribution in [0, 0.1) is 5.41 Å². The van der Waals surface area contributed by atoms with Crippen molar-refractivity contribution in [3.63, 3.8) is 0 Å². The number of aliphatic imine (C=N–C) groups is 1. The summed E-state index contributed by atoms with van der Waals surface area (Å²) in [5.41, 5.74) is 9.89. The van der Waals surface area contributed by atoms with E-state index in [1.54, 1.807) is 42.5 Å². The molecule has 2 rings (SSSR count). The van der Waals surface area contributed by atoms with Crippen molar-refractivity contribution in [2.75, 3.05) is 13.1 Å². The van der Waals surface area contributed by atoms with Crippen molar-refractivity contribution in [2.24, 2.45) is 10.7 Å². The number of aryl methyl sites for hydroxylation is 1. The smallest absolute Gasteiger partial charge is 0.390 e. The summed E-state index contributed by atoms with van der Waals surface area (Å²) in [5.74, 6) is -0.345. The number of hydrogen-bond donors (Lipinski definition) is 4. The van der Waals surface area contributed by atoms with Crippen LogP contribution in [-0.2, 0) is 6.42 Å². The van der Waals surface area contributed by atoms with E-state index in [1.807, 2.05) is 13.8 Å². The van der Waals surface area contributed by atoms with Crippen LogP contribution in [0.4, 0.5) is 18.0 Å². The summed E-state index contributed by atoms with van der Waals surface area (Å²) < 4.78 is 39.1. The van der Waals surface area contributed by atoms with E-state index in [0.717, 1.165) is 23.3 Å². The predicted molar refractivity (Wildman–Crippen MR) is 159 cm³/mol. The van der Waals surface area contributed by atoms with Gasteiger partial charge in [0.25, 0.3) is 0 Å². The van der Waals surface area contributed by atoms with Gasteiger partial charge in [-0.1, -0.05) is 68.8 Å². The number of urea groups is 1. The molecule has 0 spiro atoms. The second-order valence-corrected chi connectivity index (χ2v) is 10.1. The molecule has 0 bridgehead atoms. The maximum Gasteiger partial charge on any atom is 0.390 e. The van der Waals surface area contributed by atoms with Gasteiger partial charge in [0.1, 0.15) is 5.84 Å². The van der Waals surface area contributed by atoms with Crippen LogP contribution >= 0.6 is 11.6 Å². The maximum atomic E-state index is 13.1. The summed E-state index contributed by atoms with van der Waals surface area (Å²) in [4.78, 5) is 18.6. The fraction of sp³-hybridized carbons (Fsp3) is 0.433. The molecule has 5 N–H and O–H groups in total. The van der Waals surface area contributed by atoms with Gasteiger partial charge in [0.05, 0.1) is 19.1 Å². The number of nitrogens with one attached hydrogen (secondary N) is 2. The molecule has 1 saturated carbocycles. The summed E-state index contributed by atoms with van der Waals surface area (Å²) in [6.07, 6.45) is 1.82. The van der Waals surface area contributed by atoms with E-state index in [9.17, 15) is 23.1 Å². The topological polar surface area (TPSA) is 115 Å². The third-order valence-electron chi connectivity index (χ3n) is 6.46. The van der Waals surface area contributed by atoms with Crippen LogP contribution in [-0.4, -0.2) is 53.0 Å². The fourth-order valence-electron chi connectivity index (χ4n) is 4.25. The largest absolute Gasteiger partial charge is 0.400 e. The summed E-state index contributed by atoms with van der Waals surface area (Å²) in [6.45, 7) is 6.70. The molecule has 11 heteroatoms. The summed E-state index contributed by atoms with van der Waals surface area (Å²) >= 11 is 6.23. The van der Waals surface area contributed by atoms with Crippen molar-refractivity contribution >= 4 is 29.2 Å². The Bertz CT molecular complexity index is 1200. The van der Waals surface area contributed by atoms with Crippen molar-refractivity contribution in [1.29, 1.82) is 5.41 Å². The Labute approximate surface area is 244 Å². The van der Waals surface area contributed by atoms with Crippen molar-refractivity contribution in [3.05, 3.63) is 82.2 Å². The Balaban J connectivity index is 2.32. The minimum Gasteiger partial charge on any atom is -0.400 e. The molecule has 2 amide bonds. The zero-order valence-electron chi connectivity index (χ0n) is 23.5. The van der Waals surface area contributed by atoms with Crippen molar-refractivity contribution in [3.8, 4) is 0 Å². The lowest BCUT2D eigenvalue weighted by Gasteiger charge is -2.26. The third kappa shape index (κ3) is 11.2. The molecule has 1 unspecified atom stereocenters. The minimum atomic E-state index is -4.51. The minimum absolute atomic E-state index is 0.169. The number of amides is 2. The normalized spacial score (nSPS) is 18.7. The molecule has 1 atom stereocenters. The fourth-order valence-corrected chi connectivity index (χ4v) is 4.47. The molecule has 0 aromatic heterocycles. The van der Waals surface area contributed by atoms with E-state index in [4.69, 9.17) is 27.7 Å². The number of benzene rings is 1. The van der Waals surface area contributed by atoms with Gasteiger partial charge in [-0.25, -0.2) is 4.79 Å². The Kier molecular flexibility index (Phi) is 13.3. The molecule has 0 aliphatic heterocycles. The summed E-state index contributed by atoms with van der Waals surface area (Å²) in [5, 5.41) is 21.8. The molecular formula is C30H39ClF3N5O2. The lowest BCUT2D eigenvalue weighted by atomic mass is 9.89. The van der Waals surface area contributed by atoms with Crippen LogP contribution < -0.4 is 11.1 Å². The summed E-state index contributed by atoms with van der Waals surface area (Å²) in [7, 11) is 0. The molecule has 1 aliphatic carbocycles. The standard InChI is InChI=1S/C30H39ClF3N5O2/c1-4-7-22(31)17-23(8-5-2)38-27-18-24(40)13-14-25(27)26(35)19-37-29(41)39(16-15-30(32,33)34)28(36)21-11-9-20(6-3)10-12-21/h4,7,9-12,17,24,36,40H,1,5-6,8,13-16,18-19,35H2,2-3H3,(H,37,41)/b22-7+,23-17+,26-25-,36-28?,38-27-. The van der Waals surface area contributed by atoms with Crippen LogP contribution in [0.2, 0.25) is 0 Å². The van der Waals surface area contributed by atoms with Crippen molar-refractivity contribution in [2.45, 2.75) is 71.1 Å². The van der Waals surface area contributed by atoms with E-state index >= 15 is 0 Å². The average Bonchev–Trinajstić information content (AvgIpc) is 2.91. The zero-order valence-corrected chi connectivity index (χ0v) is 24.3. The number of allylic oxidation sites excluding steroid dienone is 6. The molecule has 41 heavy (non-hydrogen) atoms. The van der Waals surface area contributed by atoms with Gasteiger partial charge >= 0.3 is 12.2 Å². The van der Waals surface area contributed by atoms with Crippen molar-refractivity contribution < 1.29 is 23.1 Å². The number of rotatable bonds is 11. The molecule has 1 fully saturated rings. The zero-order chi connectivity index (χ0) is 30.6. The van der Waals surface area contributed by atoms with Crippen LogP contribution in [0.3, 0.4) is 0 Å². The predicted octanol–water partition coefficient (Wildman–Crippen LogP) is 6.73. The Morgan fingerprint density at radius 3 is 2.59 bits per heavy atom. The second-order valence-electron chi connectivity index (χ2n) is 9.71. The van der Waals surface area contributed by atoms with Crippen LogP contribution in [0.1, 0.15) is 63.5 Å². The third-order valence-corrected chi connectivity index (χ3v) is 6.69. The number of halogens is 4. The van der Waals surface area contributed by atoms with Crippen LogP contribution in [0.25, 0.3) is 0 Å². The van der Waals surface area contributed by atoms with E-state index < -0.39 is 31.3 Å². The first-order chi connectivity index (χ1) is 19.4. The van der Waals surface area contributed by atoms with E-state index in [0.29, 0.717) is 46.8 Å². The Hall–Kier alpha value is -3.37. The molecule has 7 nitrogen and oxygen atoms in total. The number of hydrogen-bond acceptors (Lipinski definition) is 5. The SMILES string of the molecule is C=C\C=C(Cl)/C=C(CCC)/N=C1/CC(O)CC/C1=C(/N)CNC(=O)N(CCC(F)(F)F)C(=N)c1ccc(CC)cc1. The number of nitrogens with two attached hydrogens (primary N) is 1. The molecule has 224 valence electrons. The summed E-state index contributed by atoms with van der Waals surface area (Å²) in [6, 6.07) is 5.89. The number of carbonyl (C=O) groups is 1. The number of alkyl halides is 3. The van der Waals surface area contributed by atoms with Gasteiger partial charge < -0.3 is 16.2 Å². The quantitative estimate of drug-likeness (QED) is 0.129. The lowest BCUT2D eigenvalue weighted by molar-refractivity contribution is -0.135. The van der Waals surface area contributed by atoms with E-state index in [2.05, 4.69) is 11.9 Å². The molecule has 1 aromatic carbocycles. The molecule has 1 aliphatic rings. The first-order valence-corrected chi connectivity index (χ1v) is 14.0. The second kappa shape index (κ2) is 16.2. The highest BCUT2D eigenvalue weighted by atomic mass is 35.5. The van der Waals surface area contributed by atoms with Gasteiger partial charge in [0.2, 0.25) is 0 Å². The van der Waals surface area contributed by atoms with Crippen LogP contribution in [0.5, 0.6) is 0 Å². The van der Waals surface area contributed by atoms with E-state index in [1.165, 1.54) is 0 Å². The first-order valence-electron chi connectivity index (χ1n) is 13.6. The highest BCUT2D eigenvalue weighted by Crippen LogP contribution is 2.26. The number of carbonyl (C=O) groups excluding carboxylic acids is 1. The highest BCUT2D eigenvalue weighted by Gasteiger charge is 2.31. The molecule has 0 heterocycles. The lowest BCUT2D eigenvalue weighted by Crippen LogP contribution is -2.46. The van der Waals surface area contributed by atoms with Crippen LogP contribution in [0.15, 0.2) is 76.1 Å². The van der Waals surface area contributed by atoms with Gasteiger partial charge in [-0.2, -0.15) is 13.2 Å². The number of amidine groups is 1. The van der Waals surface area contributed by atoms with Crippen molar-refractivity contribution in [1.82, 2.24) is 10.2 Å². The maximum absolute atomic E-state index is 13.1. The average molecular weight is 594 g/mol. The van der Waals surface area contributed by atoms with Gasteiger partial charge in [-0.15, -0.1) is 0 Å². The number of nitrogens with zero attached hydrogens (tertiary/aromatic N) is 2.